The first-order valence-corrected chi connectivity index (χ1v) is 6.29. The molecule has 0 bridgehead atoms. The molecule has 2 rings (SSSR count). The first-order valence-electron chi connectivity index (χ1n) is 6.29. The monoisotopic (exact) mass is 259 g/mol. The summed E-state index contributed by atoms with van der Waals surface area (Å²) in [5, 5.41) is 7.72. The first kappa shape index (κ1) is 13.3. The fourth-order valence-corrected chi connectivity index (χ4v) is 1.87. The zero-order chi connectivity index (χ0) is 13.7. The smallest absolute Gasteiger partial charge is 0.186 e. The molecule has 2 aromatic rings. The minimum atomic E-state index is 0.0311. The van der Waals surface area contributed by atoms with E-state index in [1.165, 1.54) is 6.20 Å². The Morgan fingerprint density at radius 1 is 1.32 bits per heavy atom. The zero-order valence-corrected chi connectivity index (χ0v) is 11.2. The number of hydrogen-bond acceptors (Lipinski definition) is 4. The third-order valence-electron chi connectivity index (χ3n) is 2.86. The zero-order valence-electron chi connectivity index (χ0n) is 11.2. The molecule has 100 valence electrons. The topological polar surface area (TPSA) is 57.0 Å². The van der Waals surface area contributed by atoms with Gasteiger partial charge in [0.1, 0.15) is 11.4 Å². The van der Waals surface area contributed by atoms with Gasteiger partial charge in [0, 0.05) is 13.0 Å². The van der Waals surface area contributed by atoms with Crippen LogP contribution in [0.3, 0.4) is 0 Å². The highest BCUT2D eigenvalue weighted by Gasteiger charge is 2.13. The Bertz CT molecular complexity index is 546. The molecule has 1 heterocycles. The van der Waals surface area contributed by atoms with E-state index in [9.17, 15) is 4.79 Å². The van der Waals surface area contributed by atoms with Crippen LogP contribution >= 0.6 is 0 Å². The second-order valence-electron chi connectivity index (χ2n) is 4.29. The second-order valence-corrected chi connectivity index (χ2v) is 4.29. The fourth-order valence-electron chi connectivity index (χ4n) is 1.87. The molecule has 0 amide bonds. The number of nitrogens with zero attached hydrogens (tertiary/aromatic N) is 3. The summed E-state index contributed by atoms with van der Waals surface area (Å²) in [6, 6.07) is 7.49. The van der Waals surface area contributed by atoms with E-state index in [-0.39, 0.29) is 5.78 Å². The minimum Gasteiger partial charge on any atom is -0.497 e. The fraction of sp³-hybridized carbons (Fsp3) is 0.357. The average Bonchev–Trinajstić information content (AvgIpc) is 2.88. The summed E-state index contributed by atoms with van der Waals surface area (Å²) >= 11 is 0. The number of aromatic nitrogens is 3. The molecule has 1 aromatic heterocycles. The van der Waals surface area contributed by atoms with Gasteiger partial charge in [0.05, 0.1) is 13.3 Å². The van der Waals surface area contributed by atoms with E-state index >= 15 is 0 Å². The quantitative estimate of drug-likeness (QED) is 0.746. The third kappa shape index (κ3) is 3.19. The highest BCUT2D eigenvalue weighted by molar-refractivity contribution is 5.95. The molecule has 0 aliphatic carbocycles. The lowest BCUT2D eigenvalue weighted by molar-refractivity contribution is 0.0982. The third-order valence-corrected chi connectivity index (χ3v) is 2.86. The van der Waals surface area contributed by atoms with Gasteiger partial charge in [0.25, 0.3) is 0 Å². The van der Waals surface area contributed by atoms with Gasteiger partial charge in [0.15, 0.2) is 5.78 Å². The van der Waals surface area contributed by atoms with Gasteiger partial charge in [-0.25, -0.2) is 4.68 Å². The van der Waals surface area contributed by atoms with Crippen LogP contribution in [0.15, 0.2) is 30.5 Å². The summed E-state index contributed by atoms with van der Waals surface area (Å²) in [6.45, 7) is 2.75. The van der Waals surface area contributed by atoms with Gasteiger partial charge < -0.3 is 4.74 Å². The number of ketones is 1. The Morgan fingerprint density at radius 3 is 2.68 bits per heavy atom. The van der Waals surface area contributed by atoms with Crippen molar-refractivity contribution in [2.24, 2.45) is 0 Å². The Kier molecular flexibility index (Phi) is 4.28. The van der Waals surface area contributed by atoms with Crippen molar-refractivity contribution in [1.29, 1.82) is 0 Å². The lowest BCUT2D eigenvalue weighted by Crippen LogP contribution is -2.12. The second kappa shape index (κ2) is 6.13. The number of carbonyl (C=O) groups is 1. The SMILES string of the molecule is CCCn1nncc1C(=O)Cc1ccc(OC)cc1. The molecule has 0 aliphatic heterocycles. The van der Waals surface area contributed by atoms with Crippen LogP contribution in [-0.2, 0) is 13.0 Å². The Labute approximate surface area is 112 Å². The van der Waals surface area contributed by atoms with Crippen LogP contribution in [0.5, 0.6) is 5.75 Å². The predicted molar refractivity (Wildman–Crippen MR) is 71.3 cm³/mol. The number of rotatable bonds is 6. The summed E-state index contributed by atoms with van der Waals surface area (Å²) in [5.74, 6) is 0.817. The van der Waals surface area contributed by atoms with Gasteiger partial charge in [-0.1, -0.05) is 24.3 Å². The molecule has 1 aromatic carbocycles. The minimum absolute atomic E-state index is 0.0311. The van der Waals surface area contributed by atoms with Gasteiger partial charge >= 0.3 is 0 Å². The van der Waals surface area contributed by atoms with Crippen LogP contribution in [0.2, 0.25) is 0 Å². The number of Topliss-reactive ketones (excluding diaryl/α,β-unsaturated/α-hetero) is 1. The van der Waals surface area contributed by atoms with E-state index < -0.39 is 0 Å². The molecule has 0 fully saturated rings. The van der Waals surface area contributed by atoms with Crippen LogP contribution < -0.4 is 4.74 Å². The number of methoxy groups -OCH3 is 1. The molecule has 5 heteroatoms. The molecule has 0 saturated carbocycles. The molecule has 19 heavy (non-hydrogen) atoms. The van der Waals surface area contributed by atoms with Crippen molar-refractivity contribution in [1.82, 2.24) is 15.0 Å². The number of hydrogen-bond donors (Lipinski definition) is 0. The molecule has 0 N–H and O–H groups in total. The molecular weight excluding hydrogens is 242 g/mol. The van der Waals surface area contributed by atoms with Crippen molar-refractivity contribution in [2.45, 2.75) is 26.3 Å². The maximum Gasteiger partial charge on any atom is 0.186 e. The van der Waals surface area contributed by atoms with Crippen LogP contribution in [0.25, 0.3) is 0 Å². The maximum absolute atomic E-state index is 12.2. The highest BCUT2D eigenvalue weighted by atomic mass is 16.5. The molecule has 0 aliphatic rings. The van der Waals surface area contributed by atoms with Crippen LogP contribution in [0.4, 0.5) is 0 Å². The van der Waals surface area contributed by atoms with Crippen molar-refractivity contribution >= 4 is 5.78 Å². The summed E-state index contributed by atoms with van der Waals surface area (Å²) in [7, 11) is 1.62. The van der Waals surface area contributed by atoms with Gasteiger partial charge in [-0.2, -0.15) is 0 Å². The van der Waals surface area contributed by atoms with Crippen molar-refractivity contribution in [2.75, 3.05) is 7.11 Å². The largest absolute Gasteiger partial charge is 0.497 e. The predicted octanol–water partition coefficient (Wildman–Crippen LogP) is 2.12. The molecule has 0 atom stereocenters. The Hall–Kier alpha value is -2.17. The number of aryl methyl sites for hydroxylation is 1. The lowest BCUT2D eigenvalue weighted by Gasteiger charge is -2.05. The first-order chi connectivity index (χ1) is 9.24. The lowest BCUT2D eigenvalue weighted by atomic mass is 10.1. The van der Waals surface area contributed by atoms with E-state index in [1.54, 1.807) is 11.8 Å². The standard InChI is InChI=1S/C14H17N3O2/c1-3-8-17-13(10-15-16-17)14(18)9-11-4-6-12(19-2)7-5-11/h4-7,10H,3,8-9H2,1-2H3. The van der Waals surface area contributed by atoms with Crippen LogP contribution in [0.1, 0.15) is 29.4 Å². The molecular formula is C14H17N3O2. The van der Waals surface area contributed by atoms with E-state index in [0.717, 1.165) is 17.7 Å². The van der Waals surface area contributed by atoms with E-state index in [1.807, 2.05) is 31.2 Å². The summed E-state index contributed by atoms with van der Waals surface area (Å²) < 4.78 is 6.75. The average molecular weight is 259 g/mol. The van der Waals surface area contributed by atoms with Crippen LogP contribution in [-0.4, -0.2) is 27.9 Å². The van der Waals surface area contributed by atoms with Gasteiger partial charge in [-0.15, -0.1) is 5.10 Å². The van der Waals surface area contributed by atoms with Crippen molar-refractivity contribution < 1.29 is 9.53 Å². The van der Waals surface area contributed by atoms with E-state index in [2.05, 4.69) is 10.3 Å². The maximum atomic E-state index is 12.2. The molecule has 0 saturated heterocycles. The highest BCUT2D eigenvalue weighted by Crippen LogP contribution is 2.13. The summed E-state index contributed by atoms with van der Waals surface area (Å²) in [4.78, 5) is 12.2. The normalized spacial score (nSPS) is 10.4. The molecule has 0 spiro atoms. The summed E-state index contributed by atoms with van der Waals surface area (Å²) in [5.41, 5.74) is 1.52. The number of carbonyl (C=O) groups excluding carboxylic acids is 1. The number of benzene rings is 1. The molecule has 5 nitrogen and oxygen atoms in total. The van der Waals surface area contributed by atoms with Gasteiger partial charge in [-0.3, -0.25) is 4.79 Å². The Morgan fingerprint density at radius 2 is 2.05 bits per heavy atom. The van der Waals surface area contributed by atoms with Crippen molar-refractivity contribution in [3.05, 3.63) is 41.7 Å². The van der Waals surface area contributed by atoms with E-state index in [0.29, 0.717) is 18.7 Å². The summed E-state index contributed by atoms with van der Waals surface area (Å²) in [6.07, 6.45) is 2.80. The molecule has 0 unspecified atom stereocenters. The molecule has 0 radical (unpaired) electrons. The van der Waals surface area contributed by atoms with Gasteiger partial charge in [0.2, 0.25) is 0 Å². The number of ether oxygens (including phenoxy) is 1. The van der Waals surface area contributed by atoms with Crippen molar-refractivity contribution in [3.8, 4) is 5.75 Å². The van der Waals surface area contributed by atoms with Crippen LogP contribution in [0, 0.1) is 0 Å². The van der Waals surface area contributed by atoms with E-state index in [4.69, 9.17) is 4.74 Å². The van der Waals surface area contributed by atoms with Crippen molar-refractivity contribution in [3.63, 3.8) is 0 Å². The van der Waals surface area contributed by atoms with Gasteiger partial charge in [-0.05, 0) is 24.1 Å². The Balaban J connectivity index is 2.09.